The quantitative estimate of drug-likeness (QED) is 0.688. The third kappa shape index (κ3) is 1.57. The van der Waals surface area contributed by atoms with Crippen LogP contribution in [-0.2, 0) is 0 Å². The monoisotopic (exact) mass is 179 g/mol. The largest absolute Gasteiger partial charge is 0.353 e. The van der Waals surface area contributed by atoms with Crippen LogP contribution in [0.15, 0.2) is 16.9 Å². The molecule has 0 unspecified atom stereocenters. The number of rotatable bonds is 3. The Morgan fingerprint density at radius 3 is 3.23 bits per heavy atom. The number of hydrogen-bond donors (Lipinski definition) is 2. The summed E-state index contributed by atoms with van der Waals surface area (Å²) in [6, 6.07) is 0. The summed E-state index contributed by atoms with van der Waals surface area (Å²) in [5, 5.41) is 6.55. The zero-order chi connectivity index (χ0) is 9.10. The Bertz CT molecular complexity index is 398. The van der Waals surface area contributed by atoms with Crippen LogP contribution in [0.1, 0.15) is 0 Å². The first-order valence-corrected chi connectivity index (χ1v) is 3.91. The normalized spacial score (nSPS) is 10.5. The molecule has 13 heavy (non-hydrogen) atoms. The van der Waals surface area contributed by atoms with Gasteiger partial charge in [-0.3, -0.25) is 0 Å². The molecule has 68 valence electrons. The molecule has 3 N–H and O–H groups in total. The number of fused-ring (bicyclic) bond motifs is 1. The van der Waals surface area contributed by atoms with E-state index in [1.165, 1.54) is 0 Å². The van der Waals surface area contributed by atoms with E-state index in [0.717, 1.165) is 0 Å². The first-order chi connectivity index (χ1) is 6.40. The molecule has 0 spiro atoms. The Kier molecular flexibility index (Phi) is 2.05. The number of nitrogens with zero attached hydrogens (tertiary/aromatic N) is 3. The summed E-state index contributed by atoms with van der Waals surface area (Å²) in [5.41, 5.74) is 6.59. The van der Waals surface area contributed by atoms with Crippen molar-refractivity contribution in [2.45, 2.75) is 0 Å². The van der Waals surface area contributed by atoms with Gasteiger partial charge in [-0.05, 0) is 0 Å². The number of hydrogen-bond acceptors (Lipinski definition) is 6. The zero-order valence-corrected chi connectivity index (χ0v) is 6.90. The van der Waals surface area contributed by atoms with Gasteiger partial charge in [0.2, 0.25) is 11.5 Å². The number of nitrogens with one attached hydrogen (secondary N) is 1. The molecule has 2 rings (SSSR count). The van der Waals surface area contributed by atoms with Gasteiger partial charge in [-0.2, -0.15) is 0 Å². The minimum atomic E-state index is 0.543. The van der Waals surface area contributed by atoms with E-state index in [1.54, 1.807) is 12.4 Å². The van der Waals surface area contributed by atoms with Crippen molar-refractivity contribution in [3.63, 3.8) is 0 Å². The molecule has 0 aliphatic rings. The standard InChI is InChI=1S/C7H9N5O/c8-1-2-9-7-10-4-6-5(12-7)3-11-13-6/h3-4H,1-2,8H2,(H,9,10,12). The van der Waals surface area contributed by atoms with Gasteiger partial charge in [-0.1, -0.05) is 5.16 Å². The maximum Gasteiger partial charge on any atom is 0.223 e. The fourth-order valence-electron chi connectivity index (χ4n) is 0.949. The summed E-state index contributed by atoms with van der Waals surface area (Å²) in [5.74, 6) is 0.543. The summed E-state index contributed by atoms with van der Waals surface area (Å²) in [6.07, 6.45) is 3.12. The van der Waals surface area contributed by atoms with Gasteiger partial charge in [0.1, 0.15) is 5.52 Å². The van der Waals surface area contributed by atoms with Crippen LogP contribution in [0.2, 0.25) is 0 Å². The molecule has 2 aromatic heterocycles. The van der Waals surface area contributed by atoms with Crippen molar-refractivity contribution in [1.29, 1.82) is 0 Å². The topological polar surface area (TPSA) is 89.9 Å². The summed E-state index contributed by atoms with van der Waals surface area (Å²) >= 11 is 0. The molecular formula is C7H9N5O. The Balaban J connectivity index is 2.26. The van der Waals surface area contributed by atoms with E-state index in [9.17, 15) is 0 Å². The Labute approximate surface area is 74.1 Å². The van der Waals surface area contributed by atoms with E-state index < -0.39 is 0 Å². The Hall–Kier alpha value is -1.69. The van der Waals surface area contributed by atoms with Crippen LogP contribution < -0.4 is 11.1 Å². The van der Waals surface area contributed by atoms with Gasteiger partial charge in [0.25, 0.3) is 0 Å². The zero-order valence-electron chi connectivity index (χ0n) is 6.90. The molecule has 0 amide bonds. The second-order valence-electron chi connectivity index (χ2n) is 2.48. The van der Waals surface area contributed by atoms with Gasteiger partial charge < -0.3 is 15.6 Å². The second kappa shape index (κ2) is 3.36. The van der Waals surface area contributed by atoms with Crippen LogP contribution in [0, 0.1) is 0 Å². The molecule has 0 saturated carbocycles. The van der Waals surface area contributed by atoms with Crippen molar-refractivity contribution in [2.24, 2.45) is 5.73 Å². The van der Waals surface area contributed by atoms with E-state index in [2.05, 4.69) is 20.4 Å². The lowest BCUT2D eigenvalue weighted by molar-refractivity contribution is 0.455. The molecule has 0 fully saturated rings. The van der Waals surface area contributed by atoms with Crippen molar-refractivity contribution in [2.75, 3.05) is 18.4 Å². The van der Waals surface area contributed by atoms with Crippen LogP contribution in [0.4, 0.5) is 5.95 Å². The van der Waals surface area contributed by atoms with Gasteiger partial charge in [0.15, 0.2) is 0 Å². The molecule has 0 bridgehead atoms. The Morgan fingerprint density at radius 2 is 2.38 bits per heavy atom. The summed E-state index contributed by atoms with van der Waals surface area (Å²) in [7, 11) is 0. The van der Waals surface area contributed by atoms with Gasteiger partial charge in [0.05, 0.1) is 12.4 Å². The maximum absolute atomic E-state index is 5.32. The molecule has 6 nitrogen and oxygen atoms in total. The first-order valence-electron chi connectivity index (χ1n) is 3.91. The summed E-state index contributed by atoms with van der Waals surface area (Å²) < 4.78 is 4.85. The molecule has 0 radical (unpaired) electrons. The first kappa shape index (κ1) is 7.93. The average Bonchev–Trinajstić information content (AvgIpc) is 2.61. The van der Waals surface area contributed by atoms with Crippen molar-refractivity contribution in [3.05, 3.63) is 12.4 Å². The predicted octanol–water partition coefficient (Wildman–Crippen LogP) is -0.0116. The van der Waals surface area contributed by atoms with Gasteiger partial charge in [-0.15, -0.1) is 0 Å². The van der Waals surface area contributed by atoms with Gasteiger partial charge >= 0.3 is 0 Å². The highest BCUT2D eigenvalue weighted by atomic mass is 16.5. The van der Waals surface area contributed by atoms with E-state index >= 15 is 0 Å². The maximum atomic E-state index is 5.32. The lowest BCUT2D eigenvalue weighted by atomic mass is 10.5. The van der Waals surface area contributed by atoms with Crippen molar-refractivity contribution in [3.8, 4) is 0 Å². The number of aromatic nitrogens is 3. The molecule has 2 aromatic rings. The van der Waals surface area contributed by atoms with Gasteiger partial charge in [0, 0.05) is 13.1 Å². The smallest absolute Gasteiger partial charge is 0.223 e. The second-order valence-corrected chi connectivity index (χ2v) is 2.48. The van der Waals surface area contributed by atoms with Crippen LogP contribution in [0.3, 0.4) is 0 Å². The lowest BCUT2D eigenvalue weighted by Gasteiger charge is -2.00. The minimum Gasteiger partial charge on any atom is -0.353 e. The van der Waals surface area contributed by atoms with Crippen molar-refractivity contribution < 1.29 is 4.52 Å². The molecule has 6 heteroatoms. The average molecular weight is 179 g/mol. The molecular weight excluding hydrogens is 170 g/mol. The lowest BCUT2D eigenvalue weighted by Crippen LogP contribution is -2.14. The number of anilines is 1. The molecule has 0 aliphatic carbocycles. The highest BCUT2D eigenvalue weighted by molar-refractivity contribution is 5.70. The third-order valence-corrected chi connectivity index (χ3v) is 1.54. The molecule has 2 heterocycles. The Morgan fingerprint density at radius 1 is 1.46 bits per heavy atom. The SMILES string of the molecule is NCCNc1ncc2oncc2n1. The van der Waals surface area contributed by atoms with Crippen molar-refractivity contribution >= 4 is 17.0 Å². The van der Waals surface area contributed by atoms with E-state index in [0.29, 0.717) is 30.1 Å². The fraction of sp³-hybridized carbons (Fsp3) is 0.286. The molecule has 0 atom stereocenters. The van der Waals surface area contributed by atoms with Crippen molar-refractivity contribution in [1.82, 2.24) is 15.1 Å². The van der Waals surface area contributed by atoms with Crippen LogP contribution in [0.5, 0.6) is 0 Å². The number of nitrogens with two attached hydrogens (primary N) is 1. The van der Waals surface area contributed by atoms with E-state index in [1.807, 2.05) is 0 Å². The van der Waals surface area contributed by atoms with E-state index in [-0.39, 0.29) is 0 Å². The van der Waals surface area contributed by atoms with Crippen LogP contribution in [0.25, 0.3) is 11.1 Å². The summed E-state index contributed by atoms with van der Waals surface area (Å²) in [6.45, 7) is 1.20. The third-order valence-electron chi connectivity index (χ3n) is 1.54. The van der Waals surface area contributed by atoms with E-state index in [4.69, 9.17) is 10.3 Å². The fourth-order valence-corrected chi connectivity index (χ4v) is 0.949. The highest BCUT2D eigenvalue weighted by Gasteiger charge is 2.01. The molecule has 0 aromatic carbocycles. The predicted molar refractivity (Wildman–Crippen MR) is 47.1 cm³/mol. The molecule has 0 saturated heterocycles. The summed E-state index contributed by atoms with van der Waals surface area (Å²) in [4.78, 5) is 8.14. The molecule has 0 aliphatic heterocycles. The van der Waals surface area contributed by atoms with Gasteiger partial charge in [-0.25, -0.2) is 9.97 Å². The van der Waals surface area contributed by atoms with Crippen LogP contribution in [-0.4, -0.2) is 28.2 Å². The minimum absolute atomic E-state index is 0.543. The highest BCUT2D eigenvalue weighted by Crippen LogP contribution is 2.10. The van der Waals surface area contributed by atoms with Crippen LogP contribution >= 0.6 is 0 Å².